The highest BCUT2D eigenvalue weighted by Gasteiger charge is 2.08. The molecule has 12 heavy (non-hydrogen) atoms. The maximum absolute atomic E-state index is 4.25. The fourth-order valence-electron chi connectivity index (χ4n) is 1.40. The van der Waals surface area contributed by atoms with Crippen LogP contribution in [-0.4, -0.2) is 14.6 Å². The molecule has 3 aromatic heterocycles. The topological polar surface area (TPSA) is 37.2 Å². The van der Waals surface area contributed by atoms with Gasteiger partial charge < -0.3 is 0 Å². The molecule has 4 heteroatoms. The van der Waals surface area contributed by atoms with Gasteiger partial charge in [-0.25, -0.2) is 4.98 Å². The Morgan fingerprint density at radius 2 is 2.42 bits per heavy atom. The molecule has 0 atom stereocenters. The Morgan fingerprint density at radius 3 is 3.42 bits per heavy atom. The summed E-state index contributed by atoms with van der Waals surface area (Å²) in [5, 5.41) is 3.18. The number of H-pyrrole nitrogens is 1. The van der Waals surface area contributed by atoms with Crippen molar-refractivity contribution in [1.82, 2.24) is 14.6 Å². The zero-order valence-electron chi connectivity index (χ0n) is 6.31. The van der Waals surface area contributed by atoms with Crippen LogP contribution in [0.25, 0.3) is 11.2 Å². The number of aromatic amines is 1. The van der Waals surface area contributed by atoms with Gasteiger partial charge in [-0.3, -0.25) is 0 Å². The minimum atomic E-state index is 0.947. The summed E-state index contributed by atoms with van der Waals surface area (Å²) in [4.78, 5) is 4.25. The van der Waals surface area contributed by atoms with E-state index in [9.17, 15) is 0 Å². The molecule has 0 aromatic carbocycles. The van der Waals surface area contributed by atoms with Crippen LogP contribution in [0.1, 0.15) is 0 Å². The van der Waals surface area contributed by atoms with E-state index in [4.69, 9.17) is 0 Å². The van der Waals surface area contributed by atoms with Crippen LogP contribution in [0.3, 0.4) is 0 Å². The lowest BCUT2D eigenvalue weighted by atomic mass is 10.4. The first kappa shape index (κ1) is 5.77. The number of rotatable bonds is 0. The highest BCUT2D eigenvalue weighted by Crippen LogP contribution is 2.03. The van der Waals surface area contributed by atoms with Gasteiger partial charge in [0.15, 0.2) is 0 Å². The monoisotopic (exact) mass is 159 g/mol. The first-order chi connectivity index (χ1) is 5.95. The Hall–Kier alpha value is -1.84. The molecule has 3 heterocycles. The molecule has 0 fully saturated rings. The van der Waals surface area contributed by atoms with Crippen LogP contribution in [0.15, 0.2) is 36.8 Å². The third-order valence-corrected chi connectivity index (χ3v) is 1.93. The van der Waals surface area contributed by atoms with Crippen molar-refractivity contribution >= 4 is 11.2 Å². The molecule has 4 nitrogen and oxygen atoms in total. The predicted octanol–water partition coefficient (Wildman–Crippen LogP) is 0.401. The average molecular weight is 159 g/mol. The molecule has 0 aliphatic heterocycles. The summed E-state index contributed by atoms with van der Waals surface area (Å²) in [7, 11) is 0. The molecule has 0 unspecified atom stereocenters. The third kappa shape index (κ3) is 0.567. The van der Waals surface area contributed by atoms with E-state index < -0.39 is 0 Å². The van der Waals surface area contributed by atoms with Crippen molar-refractivity contribution < 1.29 is 4.63 Å². The zero-order chi connectivity index (χ0) is 7.97. The first-order valence-corrected chi connectivity index (χ1v) is 3.77. The highest BCUT2D eigenvalue weighted by molar-refractivity contribution is 5.67. The maximum Gasteiger partial charge on any atom is 0.230 e. The Morgan fingerprint density at radius 1 is 1.42 bits per heavy atom. The van der Waals surface area contributed by atoms with E-state index in [2.05, 4.69) is 10.1 Å². The second kappa shape index (κ2) is 1.85. The summed E-state index contributed by atoms with van der Waals surface area (Å²) in [6.45, 7) is 0. The lowest BCUT2D eigenvalue weighted by Crippen LogP contribution is -2.26. The second-order valence-electron chi connectivity index (χ2n) is 2.67. The van der Waals surface area contributed by atoms with E-state index in [0.29, 0.717) is 0 Å². The van der Waals surface area contributed by atoms with Gasteiger partial charge in [0.1, 0.15) is 5.52 Å². The molecule has 0 aliphatic carbocycles. The van der Waals surface area contributed by atoms with Crippen LogP contribution in [0, 0.1) is 0 Å². The van der Waals surface area contributed by atoms with Crippen molar-refractivity contribution in [2.75, 3.05) is 0 Å². The molecule has 0 saturated heterocycles. The first-order valence-electron chi connectivity index (χ1n) is 3.77. The van der Waals surface area contributed by atoms with E-state index in [-0.39, 0.29) is 0 Å². The summed E-state index contributed by atoms with van der Waals surface area (Å²) >= 11 is 0. The maximum atomic E-state index is 4.25. The Labute approximate surface area is 68.0 Å². The lowest BCUT2D eigenvalue weighted by molar-refractivity contribution is -0.669. The molecule has 3 rings (SSSR count). The van der Waals surface area contributed by atoms with Crippen LogP contribution in [0.5, 0.6) is 0 Å². The van der Waals surface area contributed by atoms with Gasteiger partial charge in [0, 0.05) is 16.9 Å². The number of fused-ring (bicyclic) bond motifs is 3. The Balaban J connectivity index is 2.68. The van der Waals surface area contributed by atoms with E-state index in [0.717, 1.165) is 11.2 Å². The van der Waals surface area contributed by atoms with E-state index in [1.165, 1.54) is 0 Å². The summed E-state index contributed by atoms with van der Waals surface area (Å²) < 4.78 is 3.84. The Bertz CT molecular complexity index is 533. The molecular weight excluding hydrogens is 152 g/mol. The summed E-state index contributed by atoms with van der Waals surface area (Å²) in [6.07, 6.45) is 5.70. The van der Waals surface area contributed by atoms with Crippen molar-refractivity contribution in [3.8, 4) is 0 Å². The predicted molar refractivity (Wildman–Crippen MR) is 42.7 cm³/mol. The highest BCUT2D eigenvalue weighted by atomic mass is 15.5. The minimum Gasteiger partial charge on any atom is -0.232 e. The van der Waals surface area contributed by atoms with Gasteiger partial charge in [0.25, 0.3) is 0 Å². The zero-order valence-corrected chi connectivity index (χ0v) is 6.31. The van der Waals surface area contributed by atoms with Gasteiger partial charge in [-0.15, -0.1) is 5.10 Å². The molecule has 0 bridgehead atoms. The summed E-state index contributed by atoms with van der Waals surface area (Å²) in [6, 6.07) is 5.88. The average Bonchev–Trinajstić information content (AvgIpc) is 2.62. The lowest BCUT2D eigenvalue weighted by Gasteiger charge is -1.80. The second-order valence-corrected chi connectivity index (χ2v) is 2.67. The van der Waals surface area contributed by atoms with Gasteiger partial charge in [-0.2, -0.15) is 0 Å². The fraction of sp³-hybridized carbons (Fsp3) is 0. The van der Waals surface area contributed by atoms with Crippen LogP contribution in [0.4, 0.5) is 0 Å². The molecule has 58 valence electrons. The number of nitrogens with one attached hydrogen (secondary N) is 1. The number of aromatic nitrogens is 4. The SMILES string of the molecule is c1cnc2c(c1)[nH][n+]1cccn21. The molecule has 1 N–H and O–H groups in total. The van der Waals surface area contributed by atoms with Gasteiger partial charge >= 0.3 is 0 Å². The Kier molecular flexibility index (Phi) is 0.889. The molecule has 0 radical (unpaired) electrons. The van der Waals surface area contributed by atoms with E-state index >= 15 is 0 Å². The van der Waals surface area contributed by atoms with E-state index in [1.807, 2.05) is 39.7 Å². The smallest absolute Gasteiger partial charge is 0.230 e. The normalized spacial score (nSPS) is 11.3. The van der Waals surface area contributed by atoms with Gasteiger partial charge in [-0.05, 0) is 12.1 Å². The van der Waals surface area contributed by atoms with Gasteiger partial charge in [0.05, 0.1) is 6.20 Å². The minimum absolute atomic E-state index is 0.947. The van der Waals surface area contributed by atoms with Crippen molar-refractivity contribution in [3.63, 3.8) is 0 Å². The van der Waals surface area contributed by atoms with Crippen LogP contribution < -0.4 is 4.63 Å². The number of hydrogen-bond donors (Lipinski definition) is 1. The molecule has 0 saturated carbocycles. The summed E-state index contributed by atoms with van der Waals surface area (Å²) in [5.41, 5.74) is 1.99. The van der Waals surface area contributed by atoms with Crippen LogP contribution >= 0.6 is 0 Å². The summed E-state index contributed by atoms with van der Waals surface area (Å²) in [5.74, 6) is 0. The standard InChI is InChI=1S/C8H7N4/c1-3-7-8(9-4-1)11-5-2-6-12(11)10-7/h1-6,10H/q+1. The number of nitrogens with zero attached hydrogens (tertiary/aromatic N) is 3. The molecular formula is C8H7N4+. The third-order valence-electron chi connectivity index (χ3n) is 1.93. The molecule has 0 amide bonds. The molecule has 0 aliphatic rings. The number of hydrogen-bond acceptors (Lipinski definition) is 1. The van der Waals surface area contributed by atoms with Crippen LogP contribution in [-0.2, 0) is 0 Å². The fourth-order valence-corrected chi connectivity index (χ4v) is 1.40. The van der Waals surface area contributed by atoms with Gasteiger partial charge in [0.2, 0.25) is 11.8 Å². The van der Waals surface area contributed by atoms with E-state index in [1.54, 1.807) is 6.20 Å². The largest absolute Gasteiger partial charge is 0.232 e. The quantitative estimate of drug-likeness (QED) is 0.474. The molecule has 0 spiro atoms. The van der Waals surface area contributed by atoms with Crippen molar-refractivity contribution in [2.45, 2.75) is 0 Å². The van der Waals surface area contributed by atoms with Crippen LogP contribution in [0.2, 0.25) is 0 Å². The molecule has 3 aromatic rings. The van der Waals surface area contributed by atoms with Gasteiger partial charge in [-0.1, -0.05) is 4.52 Å². The number of pyridine rings is 1. The van der Waals surface area contributed by atoms with Crippen molar-refractivity contribution in [1.29, 1.82) is 0 Å². The van der Waals surface area contributed by atoms with Crippen molar-refractivity contribution in [2.24, 2.45) is 0 Å². The van der Waals surface area contributed by atoms with Crippen molar-refractivity contribution in [3.05, 3.63) is 36.8 Å².